The highest BCUT2D eigenvalue weighted by Crippen LogP contribution is 2.34. The van der Waals surface area contributed by atoms with Crippen LogP contribution in [-0.2, 0) is 14.4 Å². The van der Waals surface area contributed by atoms with Gasteiger partial charge in [-0.1, -0.05) is 18.5 Å². The van der Waals surface area contributed by atoms with Crippen molar-refractivity contribution < 1.29 is 23.9 Å². The Morgan fingerprint density at radius 3 is 2.67 bits per heavy atom. The Bertz CT molecular complexity index is 933. The van der Waals surface area contributed by atoms with Gasteiger partial charge >= 0.3 is 0 Å². The predicted octanol–water partition coefficient (Wildman–Crippen LogP) is 2.61. The predicted molar refractivity (Wildman–Crippen MR) is 113 cm³/mol. The summed E-state index contributed by atoms with van der Waals surface area (Å²) in [5.74, 6) is 0.0179. The highest BCUT2D eigenvalue weighted by Gasteiger charge is 2.27. The molecule has 1 aliphatic heterocycles. The summed E-state index contributed by atoms with van der Waals surface area (Å²) < 4.78 is 10.9. The molecule has 1 aliphatic rings. The Morgan fingerprint density at radius 1 is 1.17 bits per heavy atom. The zero-order chi connectivity index (χ0) is 21.5. The molecule has 0 atom stereocenters. The summed E-state index contributed by atoms with van der Waals surface area (Å²) in [6.45, 7) is 2.02. The third kappa shape index (κ3) is 5.64. The SMILES string of the molecule is CCCNC(=O)CN1C(=O)COc2ccc(NC(=O)COc3ccc(Cl)cc3)cc21. The van der Waals surface area contributed by atoms with Crippen molar-refractivity contribution in [3.8, 4) is 11.5 Å². The number of amides is 3. The number of hydrogen-bond acceptors (Lipinski definition) is 5. The molecule has 158 valence electrons. The van der Waals surface area contributed by atoms with Crippen LogP contribution in [0, 0.1) is 0 Å². The summed E-state index contributed by atoms with van der Waals surface area (Å²) in [4.78, 5) is 38.0. The number of nitrogens with one attached hydrogen (secondary N) is 2. The van der Waals surface area contributed by atoms with E-state index in [2.05, 4.69) is 10.6 Å². The van der Waals surface area contributed by atoms with Crippen LogP contribution < -0.4 is 25.0 Å². The lowest BCUT2D eigenvalue weighted by atomic mass is 10.2. The van der Waals surface area contributed by atoms with Gasteiger partial charge in [-0.2, -0.15) is 0 Å². The lowest BCUT2D eigenvalue weighted by Gasteiger charge is -2.29. The number of anilines is 2. The van der Waals surface area contributed by atoms with E-state index in [1.165, 1.54) is 4.90 Å². The maximum absolute atomic E-state index is 12.3. The van der Waals surface area contributed by atoms with E-state index in [-0.39, 0.29) is 37.5 Å². The largest absolute Gasteiger partial charge is 0.484 e. The van der Waals surface area contributed by atoms with Crippen LogP contribution in [0.4, 0.5) is 11.4 Å². The van der Waals surface area contributed by atoms with Crippen molar-refractivity contribution in [2.75, 3.05) is 36.5 Å². The molecule has 0 saturated carbocycles. The minimum atomic E-state index is -0.375. The fraction of sp³-hybridized carbons (Fsp3) is 0.286. The second-order valence-electron chi connectivity index (χ2n) is 6.59. The third-order valence-corrected chi connectivity index (χ3v) is 4.50. The summed E-state index contributed by atoms with van der Waals surface area (Å²) in [7, 11) is 0. The Balaban J connectivity index is 1.65. The van der Waals surface area contributed by atoms with E-state index in [0.29, 0.717) is 34.4 Å². The van der Waals surface area contributed by atoms with Crippen molar-refractivity contribution in [3.63, 3.8) is 0 Å². The molecule has 0 fully saturated rings. The number of carbonyl (C=O) groups is 3. The van der Waals surface area contributed by atoms with Crippen molar-refractivity contribution in [3.05, 3.63) is 47.5 Å². The van der Waals surface area contributed by atoms with Gasteiger partial charge in [-0.25, -0.2) is 0 Å². The Hall–Kier alpha value is -3.26. The lowest BCUT2D eigenvalue weighted by molar-refractivity contribution is -0.125. The molecule has 3 amide bonds. The second-order valence-corrected chi connectivity index (χ2v) is 7.03. The lowest BCUT2D eigenvalue weighted by Crippen LogP contribution is -2.45. The molecular formula is C21H22ClN3O5. The summed E-state index contributed by atoms with van der Waals surface area (Å²) >= 11 is 5.82. The van der Waals surface area contributed by atoms with Gasteiger partial charge in [0.25, 0.3) is 11.8 Å². The van der Waals surface area contributed by atoms with Crippen LogP contribution in [0.5, 0.6) is 11.5 Å². The van der Waals surface area contributed by atoms with Crippen LogP contribution in [0.15, 0.2) is 42.5 Å². The molecule has 0 unspecified atom stereocenters. The van der Waals surface area contributed by atoms with Crippen molar-refractivity contribution in [1.29, 1.82) is 0 Å². The average molecular weight is 432 g/mol. The highest BCUT2D eigenvalue weighted by molar-refractivity contribution is 6.30. The maximum atomic E-state index is 12.3. The molecule has 8 nitrogen and oxygen atoms in total. The van der Waals surface area contributed by atoms with Crippen LogP contribution in [0.25, 0.3) is 0 Å². The summed E-state index contributed by atoms with van der Waals surface area (Å²) in [5, 5.41) is 6.03. The zero-order valence-electron chi connectivity index (χ0n) is 16.4. The van der Waals surface area contributed by atoms with Crippen molar-refractivity contribution >= 4 is 40.7 Å². The molecule has 2 aromatic rings. The molecular weight excluding hydrogens is 410 g/mol. The van der Waals surface area contributed by atoms with Gasteiger partial charge in [-0.15, -0.1) is 0 Å². The van der Waals surface area contributed by atoms with Gasteiger partial charge in [0.2, 0.25) is 5.91 Å². The van der Waals surface area contributed by atoms with Crippen LogP contribution in [0.2, 0.25) is 5.02 Å². The van der Waals surface area contributed by atoms with Crippen molar-refractivity contribution in [1.82, 2.24) is 5.32 Å². The summed E-state index contributed by atoms with van der Waals surface area (Å²) in [6.07, 6.45) is 0.799. The number of nitrogens with zero attached hydrogens (tertiary/aromatic N) is 1. The number of carbonyl (C=O) groups excluding carboxylic acids is 3. The number of rotatable bonds is 8. The maximum Gasteiger partial charge on any atom is 0.265 e. The van der Waals surface area contributed by atoms with E-state index in [9.17, 15) is 14.4 Å². The van der Waals surface area contributed by atoms with Gasteiger partial charge < -0.3 is 20.1 Å². The van der Waals surface area contributed by atoms with E-state index in [4.69, 9.17) is 21.1 Å². The standard InChI is InChI=1S/C21H22ClN3O5/c1-2-9-23-19(26)11-25-17-10-15(5-8-18(17)30-13-21(25)28)24-20(27)12-29-16-6-3-14(22)4-7-16/h3-8,10H,2,9,11-13H2,1H3,(H,23,26)(H,24,27). The molecule has 0 aromatic heterocycles. The van der Waals surface area contributed by atoms with Crippen LogP contribution >= 0.6 is 11.6 Å². The molecule has 0 saturated heterocycles. The van der Waals surface area contributed by atoms with Crippen LogP contribution in [-0.4, -0.2) is 44.0 Å². The van der Waals surface area contributed by atoms with Crippen LogP contribution in [0.1, 0.15) is 13.3 Å². The Kier molecular flexibility index (Phi) is 7.13. The fourth-order valence-corrected chi connectivity index (χ4v) is 2.92. The quantitative estimate of drug-likeness (QED) is 0.669. The first kappa shape index (κ1) is 21.4. The molecule has 0 radical (unpaired) electrons. The molecule has 0 spiro atoms. The molecule has 0 aliphatic carbocycles. The zero-order valence-corrected chi connectivity index (χ0v) is 17.2. The smallest absolute Gasteiger partial charge is 0.265 e. The normalized spacial score (nSPS) is 12.6. The van der Waals surface area contributed by atoms with Gasteiger partial charge in [-0.05, 0) is 48.9 Å². The van der Waals surface area contributed by atoms with E-state index in [1.807, 2.05) is 6.92 Å². The van der Waals surface area contributed by atoms with E-state index in [1.54, 1.807) is 42.5 Å². The second kappa shape index (κ2) is 9.98. The molecule has 2 N–H and O–H groups in total. The monoisotopic (exact) mass is 431 g/mol. The van der Waals surface area contributed by atoms with Crippen molar-refractivity contribution in [2.24, 2.45) is 0 Å². The number of fused-ring (bicyclic) bond motifs is 1. The first-order valence-corrected chi connectivity index (χ1v) is 9.86. The highest BCUT2D eigenvalue weighted by atomic mass is 35.5. The fourth-order valence-electron chi connectivity index (χ4n) is 2.79. The number of halogens is 1. The minimum Gasteiger partial charge on any atom is -0.484 e. The van der Waals surface area contributed by atoms with Gasteiger partial charge in [-0.3, -0.25) is 19.3 Å². The van der Waals surface area contributed by atoms with Crippen LogP contribution in [0.3, 0.4) is 0 Å². The molecule has 0 bridgehead atoms. The van der Waals surface area contributed by atoms with E-state index >= 15 is 0 Å². The number of ether oxygens (including phenoxy) is 2. The topological polar surface area (TPSA) is 97.0 Å². The van der Waals surface area contributed by atoms with E-state index in [0.717, 1.165) is 6.42 Å². The number of hydrogen-bond donors (Lipinski definition) is 2. The van der Waals surface area contributed by atoms with Gasteiger partial charge in [0.15, 0.2) is 13.2 Å². The van der Waals surface area contributed by atoms with Crippen molar-refractivity contribution in [2.45, 2.75) is 13.3 Å². The van der Waals surface area contributed by atoms with Gasteiger partial charge in [0.05, 0.1) is 5.69 Å². The number of benzene rings is 2. The molecule has 1 heterocycles. The Morgan fingerprint density at radius 2 is 1.93 bits per heavy atom. The van der Waals surface area contributed by atoms with Gasteiger partial charge in [0, 0.05) is 17.3 Å². The average Bonchev–Trinajstić information content (AvgIpc) is 2.74. The molecule has 9 heteroatoms. The first-order chi connectivity index (χ1) is 14.5. The minimum absolute atomic E-state index is 0.119. The first-order valence-electron chi connectivity index (χ1n) is 9.48. The van der Waals surface area contributed by atoms with Gasteiger partial charge in [0.1, 0.15) is 18.0 Å². The van der Waals surface area contributed by atoms with E-state index < -0.39 is 0 Å². The molecule has 30 heavy (non-hydrogen) atoms. The molecule has 2 aromatic carbocycles. The summed E-state index contributed by atoms with van der Waals surface area (Å²) in [5.41, 5.74) is 0.880. The Labute approximate surface area is 179 Å². The summed E-state index contributed by atoms with van der Waals surface area (Å²) in [6, 6.07) is 11.6. The third-order valence-electron chi connectivity index (χ3n) is 4.24. The molecule has 3 rings (SSSR count).